The fourth-order valence-corrected chi connectivity index (χ4v) is 2.99. The molecule has 2 aromatic heterocycles. The van der Waals surface area contributed by atoms with Gasteiger partial charge >= 0.3 is 5.97 Å². The Hall–Kier alpha value is -1.88. The molecule has 1 atom stereocenters. The third kappa shape index (κ3) is 2.29. The summed E-state index contributed by atoms with van der Waals surface area (Å²) in [6.45, 7) is 3.02. The van der Waals surface area contributed by atoms with Gasteiger partial charge in [-0.15, -0.1) is 0 Å². The lowest BCUT2D eigenvalue weighted by atomic mass is 10.0. The van der Waals surface area contributed by atoms with E-state index in [1.54, 1.807) is 0 Å². The molecule has 0 radical (unpaired) electrons. The number of piperidine rings is 1. The molecule has 1 saturated heterocycles. The van der Waals surface area contributed by atoms with Crippen LogP contribution in [-0.4, -0.2) is 33.0 Å². The summed E-state index contributed by atoms with van der Waals surface area (Å²) in [6, 6.07) is 6.08. The van der Waals surface area contributed by atoms with Crippen molar-refractivity contribution in [1.82, 2.24) is 14.7 Å². The van der Waals surface area contributed by atoms with Gasteiger partial charge in [0.1, 0.15) is 5.82 Å². The number of aromatic carboxylic acids is 1. The lowest BCUT2D eigenvalue weighted by Crippen LogP contribution is -2.36. The highest BCUT2D eigenvalue weighted by Crippen LogP contribution is 2.19. The van der Waals surface area contributed by atoms with Gasteiger partial charge in [-0.1, -0.05) is 12.5 Å². The minimum Gasteiger partial charge on any atom is -0.476 e. The number of carboxylic acids is 1. The number of aromatic nitrogens is 2. The highest BCUT2D eigenvalue weighted by atomic mass is 16.4. The molecule has 1 aliphatic heterocycles. The number of carboxylic acid groups (broad SMARTS) is 1. The molecule has 0 spiro atoms. The Bertz CT molecular complexity index is 642. The fraction of sp³-hybridized carbons (Fsp3) is 0.467. The standard InChI is InChI=1S/C15H19N3O2/c1-10-5-4-7-12-14(15(19)20)17-13(18(10)12)9-11-6-2-3-8-16-11/h4-5,7,11,16H,2-3,6,8-9H2,1H3,(H,19,20). The van der Waals surface area contributed by atoms with Gasteiger partial charge in [0.15, 0.2) is 5.69 Å². The summed E-state index contributed by atoms with van der Waals surface area (Å²) < 4.78 is 1.97. The summed E-state index contributed by atoms with van der Waals surface area (Å²) in [5.74, 6) is -0.120. The Morgan fingerprint density at radius 3 is 3.05 bits per heavy atom. The van der Waals surface area contributed by atoms with E-state index in [1.807, 2.05) is 29.5 Å². The van der Waals surface area contributed by atoms with Gasteiger partial charge in [0.25, 0.3) is 0 Å². The van der Waals surface area contributed by atoms with Gasteiger partial charge in [0.05, 0.1) is 5.52 Å². The molecule has 0 amide bonds. The van der Waals surface area contributed by atoms with Gasteiger partial charge in [-0.3, -0.25) is 0 Å². The molecule has 2 N–H and O–H groups in total. The summed E-state index contributed by atoms with van der Waals surface area (Å²) in [4.78, 5) is 15.7. The Balaban J connectivity index is 2.03. The maximum absolute atomic E-state index is 11.3. The van der Waals surface area contributed by atoms with Crippen molar-refractivity contribution >= 4 is 11.5 Å². The van der Waals surface area contributed by atoms with E-state index in [9.17, 15) is 9.90 Å². The zero-order chi connectivity index (χ0) is 14.1. The van der Waals surface area contributed by atoms with Crippen LogP contribution in [-0.2, 0) is 6.42 Å². The summed E-state index contributed by atoms with van der Waals surface area (Å²) >= 11 is 0. The maximum Gasteiger partial charge on any atom is 0.356 e. The minimum atomic E-state index is -0.962. The summed E-state index contributed by atoms with van der Waals surface area (Å²) in [5.41, 5.74) is 1.86. The first kappa shape index (κ1) is 13.1. The van der Waals surface area contributed by atoms with E-state index in [2.05, 4.69) is 10.3 Å². The topological polar surface area (TPSA) is 66.6 Å². The van der Waals surface area contributed by atoms with Crippen LogP contribution in [0, 0.1) is 6.92 Å². The summed E-state index contributed by atoms with van der Waals surface area (Å²) in [7, 11) is 0. The van der Waals surface area contributed by atoms with Gasteiger partial charge in [0, 0.05) is 18.2 Å². The number of nitrogens with one attached hydrogen (secondary N) is 1. The van der Waals surface area contributed by atoms with Crippen LogP contribution in [0.15, 0.2) is 18.2 Å². The molecule has 0 bridgehead atoms. The number of hydrogen-bond acceptors (Lipinski definition) is 3. The van der Waals surface area contributed by atoms with Crippen molar-refractivity contribution in [2.75, 3.05) is 6.54 Å². The molecule has 3 heterocycles. The Kier molecular flexibility index (Phi) is 3.44. The number of imidazole rings is 1. The zero-order valence-electron chi connectivity index (χ0n) is 11.6. The number of hydrogen-bond donors (Lipinski definition) is 2. The largest absolute Gasteiger partial charge is 0.476 e. The minimum absolute atomic E-state index is 0.152. The lowest BCUT2D eigenvalue weighted by Gasteiger charge is -2.23. The van der Waals surface area contributed by atoms with Crippen molar-refractivity contribution in [2.24, 2.45) is 0 Å². The highest BCUT2D eigenvalue weighted by Gasteiger charge is 2.21. The fourth-order valence-electron chi connectivity index (χ4n) is 2.99. The molecule has 5 nitrogen and oxygen atoms in total. The van der Waals surface area contributed by atoms with Gasteiger partial charge in [-0.05, 0) is 38.4 Å². The van der Waals surface area contributed by atoms with Gasteiger partial charge in [-0.25, -0.2) is 9.78 Å². The first-order valence-electron chi connectivity index (χ1n) is 7.10. The predicted molar refractivity (Wildman–Crippen MR) is 76.2 cm³/mol. The third-order valence-corrected chi connectivity index (χ3v) is 3.97. The molecule has 3 rings (SSSR count). The molecular weight excluding hydrogens is 254 g/mol. The molecule has 5 heteroatoms. The van der Waals surface area contributed by atoms with Crippen LogP contribution in [0.4, 0.5) is 0 Å². The van der Waals surface area contributed by atoms with E-state index >= 15 is 0 Å². The second-order valence-corrected chi connectivity index (χ2v) is 5.42. The third-order valence-electron chi connectivity index (χ3n) is 3.97. The second-order valence-electron chi connectivity index (χ2n) is 5.42. The molecular formula is C15H19N3O2. The van der Waals surface area contributed by atoms with Gasteiger partial charge in [-0.2, -0.15) is 0 Å². The normalized spacial score (nSPS) is 19.4. The molecule has 2 aromatic rings. The van der Waals surface area contributed by atoms with Gasteiger partial charge in [0.2, 0.25) is 0 Å². The Morgan fingerprint density at radius 1 is 1.50 bits per heavy atom. The van der Waals surface area contributed by atoms with E-state index in [1.165, 1.54) is 12.8 Å². The van der Waals surface area contributed by atoms with E-state index in [4.69, 9.17) is 0 Å². The summed E-state index contributed by atoms with van der Waals surface area (Å²) in [6.07, 6.45) is 4.35. The van der Waals surface area contributed by atoms with E-state index in [-0.39, 0.29) is 5.69 Å². The maximum atomic E-state index is 11.3. The number of fused-ring (bicyclic) bond motifs is 1. The van der Waals surface area contributed by atoms with Crippen LogP contribution in [0.2, 0.25) is 0 Å². The first-order chi connectivity index (χ1) is 9.66. The van der Waals surface area contributed by atoms with E-state index in [0.29, 0.717) is 11.6 Å². The number of rotatable bonds is 3. The van der Waals surface area contributed by atoms with Crippen molar-refractivity contribution in [1.29, 1.82) is 0 Å². The molecule has 1 aliphatic rings. The molecule has 20 heavy (non-hydrogen) atoms. The van der Waals surface area contributed by atoms with Crippen LogP contribution in [0.3, 0.4) is 0 Å². The average molecular weight is 273 g/mol. The molecule has 106 valence electrons. The molecule has 0 aromatic carbocycles. The number of aryl methyl sites for hydroxylation is 1. The number of pyridine rings is 1. The SMILES string of the molecule is Cc1cccc2c(C(=O)O)nc(CC3CCCCN3)n12. The van der Waals surface area contributed by atoms with Crippen LogP contribution in [0.25, 0.3) is 5.52 Å². The van der Waals surface area contributed by atoms with Crippen molar-refractivity contribution in [3.8, 4) is 0 Å². The number of nitrogens with zero attached hydrogens (tertiary/aromatic N) is 2. The smallest absolute Gasteiger partial charge is 0.356 e. The second kappa shape index (κ2) is 5.25. The molecule has 0 aliphatic carbocycles. The van der Waals surface area contributed by atoms with Crippen LogP contribution in [0.5, 0.6) is 0 Å². The highest BCUT2D eigenvalue weighted by molar-refractivity contribution is 5.93. The van der Waals surface area contributed by atoms with Crippen LogP contribution in [0.1, 0.15) is 41.3 Å². The first-order valence-corrected chi connectivity index (χ1v) is 7.10. The molecule has 1 unspecified atom stereocenters. The Morgan fingerprint density at radius 2 is 2.35 bits per heavy atom. The van der Waals surface area contributed by atoms with Crippen LogP contribution < -0.4 is 5.32 Å². The predicted octanol–water partition coefficient (Wildman–Crippen LogP) is 2.03. The molecule has 0 saturated carbocycles. The molecule has 1 fully saturated rings. The van der Waals surface area contributed by atoms with Crippen molar-refractivity contribution in [3.05, 3.63) is 35.4 Å². The Labute approximate surface area is 117 Å². The number of carbonyl (C=O) groups is 1. The summed E-state index contributed by atoms with van der Waals surface area (Å²) in [5, 5.41) is 12.8. The van der Waals surface area contributed by atoms with Crippen molar-refractivity contribution in [2.45, 2.75) is 38.6 Å². The van der Waals surface area contributed by atoms with Crippen molar-refractivity contribution in [3.63, 3.8) is 0 Å². The average Bonchev–Trinajstić information content (AvgIpc) is 2.80. The van der Waals surface area contributed by atoms with E-state index in [0.717, 1.165) is 30.9 Å². The van der Waals surface area contributed by atoms with Crippen molar-refractivity contribution < 1.29 is 9.90 Å². The van der Waals surface area contributed by atoms with Gasteiger partial charge < -0.3 is 14.8 Å². The van der Waals surface area contributed by atoms with Crippen LogP contribution >= 0.6 is 0 Å². The monoisotopic (exact) mass is 273 g/mol. The quantitative estimate of drug-likeness (QED) is 0.898. The lowest BCUT2D eigenvalue weighted by molar-refractivity contribution is 0.0693. The van der Waals surface area contributed by atoms with E-state index < -0.39 is 5.97 Å². The zero-order valence-corrected chi connectivity index (χ0v) is 11.6.